The zero-order valence-electron chi connectivity index (χ0n) is 17.6. The molecule has 1 aromatic carbocycles. The molecule has 0 spiro atoms. The lowest BCUT2D eigenvalue weighted by Gasteiger charge is -2.26. The Hall–Kier alpha value is -2.54. The third kappa shape index (κ3) is 5.33. The number of thioether (sulfide) groups is 1. The van der Waals surface area contributed by atoms with Crippen molar-refractivity contribution in [3.8, 4) is 28.8 Å². The highest BCUT2D eigenvalue weighted by molar-refractivity contribution is 7.98. The second kappa shape index (κ2) is 11.0. The fraction of sp³-hybridized carbons (Fsp3) is 0.476. The number of nitrogens with zero attached hydrogens (tertiary/aromatic N) is 4. The molecule has 8 nitrogen and oxygen atoms in total. The van der Waals surface area contributed by atoms with Gasteiger partial charge in [-0.1, -0.05) is 11.8 Å². The summed E-state index contributed by atoms with van der Waals surface area (Å²) in [6, 6.07) is 7.79. The Morgan fingerprint density at radius 3 is 2.63 bits per heavy atom. The molecule has 2 aromatic rings. The molecule has 3 rings (SSSR count). The molecule has 0 bridgehead atoms. The number of benzene rings is 1. The van der Waals surface area contributed by atoms with E-state index in [1.807, 2.05) is 24.5 Å². The van der Waals surface area contributed by atoms with Crippen molar-refractivity contribution in [1.82, 2.24) is 14.9 Å². The molecule has 9 heteroatoms. The normalized spacial score (nSPS) is 14.2. The molecule has 0 saturated carbocycles. The SMILES string of the molecule is COc1ccc(-c2nc(SC)nc(NCCCN3CCOCC3)c2C#N)cc1OC. The van der Waals surface area contributed by atoms with Gasteiger partial charge in [-0.05, 0) is 37.4 Å². The molecule has 2 heterocycles. The minimum Gasteiger partial charge on any atom is -0.493 e. The van der Waals surface area contributed by atoms with E-state index in [1.165, 1.54) is 11.8 Å². The molecule has 1 aliphatic rings. The number of nitriles is 1. The monoisotopic (exact) mass is 429 g/mol. The number of hydrogen-bond donors (Lipinski definition) is 1. The standard InChI is InChI=1S/C21H27N5O3S/c1-27-17-6-5-15(13-18(17)28-2)19-16(14-22)20(25-21(24-19)30-3)23-7-4-8-26-9-11-29-12-10-26/h5-6,13H,4,7-12H2,1-3H3,(H,23,24,25). The van der Waals surface area contributed by atoms with Crippen LogP contribution in [0.4, 0.5) is 5.82 Å². The first-order valence-corrected chi connectivity index (χ1v) is 11.0. The van der Waals surface area contributed by atoms with E-state index in [1.54, 1.807) is 14.2 Å². The molecule has 0 atom stereocenters. The Balaban J connectivity index is 1.81. The van der Waals surface area contributed by atoms with Gasteiger partial charge in [0.25, 0.3) is 0 Å². The Morgan fingerprint density at radius 2 is 1.97 bits per heavy atom. The van der Waals surface area contributed by atoms with Crippen LogP contribution in [0.25, 0.3) is 11.3 Å². The molecule has 30 heavy (non-hydrogen) atoms. The Labute approximate surface area is 181 Å². The van der Waals surface area contributed by atoms with E-state index in [-0.39, 0.29) is 0 Å². The molecular formula is C21H27N5O3S. The summed E-state index contributed by atoms with van der Waals surface area (Å²) in [6.45, 7) is 5.24. The molecular weight excluding hydrogens is 402 g/mol. The van der Waals surface area contributed by atoms with Gasteiger partial charge >= 0.3 is 0 Å². The average Bonchev–Trinajstić information content (AvgIpc) is 2.81. The molecule has 1 saturated heterocycles. The first-order valence-electron chi connectivity index (χ1n) is 9.82. The van der Waals surface area contributed by atoms with Crippen molar-refractivity contribution in [2.75, 3.05) is 65.2 Å². The van der Waals surface area contributed by atoms with Gasteiger partial charge in [0.1, 0.15) is 17.5 Å². The van der Waals surface area contributed by atoms with Crippen LogP contribution in [-0.4, -0.2) is 74.7 Å². The zero-order valence-corrected chi connectivity index (χ0v) is 18.4. The van der Waals surface area contributed by atoms with Crippen LogP contribution in [0, 0.1) is 11.3 Å². The van der Waals surface area contributed by atoms with Gasteiger partial charge in [0.05, 0.1) is 33.1 Å². The van der Waals surface area contributed by atoms with Crippen molar-refractivity contribution in [2.24, 2.45) is 0 Å². The quantitative estimate of drug-likeness (QED) is 0.367. The predicted octanol–water partition coefficient (Wildman–Crippen LogP) is 2.89. The summed E-state index contributed by atoms with van der Waals surface area (Å²) in [7, 11) is 3.18. The number of ether oxygens (including phenoxy) is 3. The molecule has 0 unspecified atom stereocenters. The second-order valence-electron chi connectivity index (χ2n) is 6.70. The van der Waals surface area contributed by atoms with E-state index in [9.17, 15) is 5.26 Å². The molecule has 1 aromatic heterocycles. The summed E-state index contributed by atoms with van der Waals surface area (Å²) in [6.07, 6.45) is 2.87. The third-order valence-electron chi connectivity index (χ3n) is 4.89. The van der Waals surface area contributed by atoms with Gasteiger partial charge < -0.3 is 19.5 Å². The van der Waals surface area contributed by atoms with Crippen molar-refractivity contribution in [3.63, 3.8) is 0 Å². The van der Waals surface area contributed by atoms with Crippen molar-refractivity contribution < 1.29 is 14.2 Å². The van der Waals surface area contributed by atoms with E-state index in [2.05, 4.69) is 26.3 Å². The lowest BCUT2D eigenvalue weighted by Crippen LogP contribution is -2.37. The molecule has 0 amide bonds. The summed E-state index contributed by atoms with van der Waals surface area (Å²) in [5.41, 5.74) is 1.78. The van der Waals surface area contributed by atoms with Crippen LogP contribution < -0.4 is 14.8 Å². The van der Waals surface area contributed by atoms with Crippen LogP contribution in [0.3, 0.4) is 0 Å². The minimum absolute atomic E-state index is 0.423. The second-order valence-corrected chi connectivity index (χ2v) is 7.47. The maximum absolute atomic E-state index is 9.86. The minimum atomic E-state index is 0.423. The largest absolute Gasteiger partial charge is 0.493 e. The summed E-state index contributed by atoms with van der Waals surface area (Å²) in [4.78, 5) is 11.5. The van der Waals surface area contributed by atoms with Gasteiger partial charge in [-0.25, -0.2) is 9.97 Å². The van der Waals surface area contributed by atoms with E-state index in [4.69, 9.17) is 14.2 Å². The molecule has 0 radical (unpaired) electrons. The third-order valence-corrected chi connectivity index (χ3v) is 5.43. The van der Waals surface area contributed by atoms with Gasteiger partial charge in [-0.3, -0.25) is 4.90 Å². The van der Waals surface area contributed by atoms with Crippen molar-refractivity contribution in [1.29, 1.82) is 5.26 Å². The highest BCUT2D eigenvalue weighted by atomic mass is 32.2. The first-order chi connectivity index (χ1) is 14.7. The molecule has 0 aliphatic carbocycles. The van der Waals surface area contributed by atoms with Gasteiger partial charge in [-0.15, -0.1) is 0 Å². The highest BCUT2D eigenvalue weighted by Crippen LogP contribution is 2.34. The number of anilines is 1. The number of aromatic nitrogens is 2. The maximum Gasteiger partial charge on any atom is 0.189 e. The van der Waals surface area contributed by atoms with E-state index in [0.717, 1.165) is 51.4 Å². The van der Waals surface area contributed by atoms with Gasteiger partial charge in [0, 0.05) is 25.2 Å². The Morgan fingerprint density at radius 1 is 1.20 bits per heavy atom. The van der Waals surface area contributed by atoms with Gasteiger partial charge in [-0.2, -0.15) is 5.26 Å². The smallest absolute Gasteiger partial charge is 0.189 e. The topological polar surface area (TPSA) is 92.5 Å². The summed E-state index contributed by atoms with van der Waals surface area (Å²) >= 11 is 1.44. The number of hydrogen-bond acceptors (Lipinski definition) is 9. The number of rotatable bonds is 9. The lowest BCUT2D eigenvalue weighted by molar-refractivity contribution is 0.0378. The van der Waals surface area contributed by atoms with Gasteiger partial charge in [0.2, 0.25) is 0 Å². The molecule has 1 aliphatic heterocycles. The fourth-order valence-electron chi connectivity index (χ4n) is 3.29. The van der Waals surface area contributed by atoms with E-state index >= 15 is 0 Å². The number of morpholine rings is 1. The first kappa shape index (κ1) is 22.2. The Bertz CT molecular complexity index is 897. The molecule has 1 fully saturated rings. The average molecular weight is 430 g/mol. The zero-order chi connectivity index (χ0) is 21.3. The van der Waals surface area contributed by atoms with Crippen LogP contribution in [0.15, 0.2) is 23.4 Å². The van der Waals surface area contributed by atoms with Gasteiger partial charge in [0.15, 0.2) is 16.7 Å². The van der Waals surface area contributed by atoms with E-state index < -0.39 is 0 Å². The summed E-state index contributed by atoms with van der Waals surface area (Å²) in [5, 5.41) is 13.8. The number of methoxy groups -OCH3 is 2. The maximum atomic E-state index is 9.86. The van der Waals surface area contributed by atoms with Crippen LogP contribution in [-0.2, 0) is 4.74 Å². The fourth-order valence-corrected chi connectivity index (χ4v) is 3.66. The molecule has 1 N–H and O–H groups in total. The number of nitrogens with one attached hydrogen (secondary N) is 1. The van der Waals surface area contributed by atoms with Crippen LogP contribution >= 0.6 is 11.8 Å². The summed E-state index contributed by atoms with van der Waals surface area (Å²) < 4.78 is 16.1. The highest BCUT2D eigenvalue weighted by Gasteiger charge is 2.18. The van der Waals surface area contributed by atoms with Crippen molar-refractivity contribution in [2.45, 2.75) is 11.6 Å². The van der Waals surface area contributed by atoms with Crippen molar-refractivity contribution >= 4 is 17.6 Å². The summed E-state index contributed by atoms with van der Waals surface area (Å²) in [5.74, 6) is 1.77. The lowest BCUT2D eigenvalue weighted by atomic mass is 10.1. The van der Waals surface area contributed by atoms with Crippen LogP contribution in [0.5, 0.6) is 11.5 Å². The van der Waals surface area contributed by atoms with Crippen LogP contribution in [0.1, 0.15) is 12.0 Å². The predicted molar refractivity (Wildman–Crippen MR) is 117 cm³/mol. The van der Waals surface area contributed by atoms with E-state index in [0.29, 0.717) is 33.7 Å². The van der Waals surface area contributed by atoms with Crippen molar-refractivity contribution in [3.05, 3.63) is 23.8 Å². The molecule has 160 valence electrons. The van der Waals surface area contributed by atoms with Crippen LogP contribution in [0.2, 0.25) is 0 Å². The Kier molecular flexibility index (Phi) is 8.13.